The largest absolute Gasteiger partial charge is 0.488 e. The number of likely N-dealkylation sites (tertiary alicyclic amines) is 1. The van der Waals surface area contributed by atoms with Crippen LogP contribution in [0.5, 0.6) is 5.75 Å². The highest BCUT2D eigenvalue weighted by Gasteiger charge is 2.50. The Labute approximate surface area is 221 Å². The molecule has 1 aromatic rings. The summed E-state index contributed by atoms with van der Waals surface area (Å²) >= 11 is 0. The van der Waals surface area contributed by atoms with Crippen LogP contribution in [0.1, 0.15) is 57.6 Å². The number of nitrogens with one attached hydrogen (secondary N) is 1. The van der Waals surface area contributed by atoms with Crippen molar-refractivity contribution >= 4 is 0 Å². The van der Waals surface area contributed by atoms with Gasteiger partial charge in [0.2, 0.25) is 0 Å². The molecule has 6 heteroatoms. The first-order valence-electron chi connectivity index (χ1n) is 14.4. The minimum Gasteiger partial charge on any atom is -0.488 e. The number of aliphatic hydroxyl groups excluding tert-OH is 1. The lowest BCUT2D eigenvalue weighted by atomic mass is 9.66. The lowest BCUT2D eigenvalue weighted by molar-refractivity contribution is -0.0609. The number of hydrogen-bond donors (Lipinski definition) is 2. The van der Waals surface area contributed by atoms with Crippen LogP contribution in [-0.4, -0.2) is 66.0 Å². The molecule has 0 radical (unpaired) electrons. The van der Waals surface area contributed by atoms with Crippen LogP contribution >= 0.6 is 0 Å². The van der Waals surface area contributed by atoms with Crippen LogP contribution in [0.4, 0.5) is 4.39 Å². The molecule has 0 bridgehead atoms. The van der Waals surface area contributed by atoms with E-state index in [1.165, 1.54) is 17.0 Å². The zero-order valence-electron chi connectivity index (χ0n) is 22.3. The number of alkyl halides is 1. The normalized spacial score (nSPS) is 33.8. The first kappa shape index (κ1) is 25.1. The van der Waals surface area contributed by atoms with Crippen molar-refractivity contribution in [3.8, 4) is 5.75 Å². The molecule has 3 heterocycles. The van der Waals surface area contributed by atoms with Crippen LogP contribution in [0.2, 0.25) is 0 Å². The van der Waals surface area contributed by atoms with E-state index in [-0.39, 0.29) is 18.8 Å². The van der Waals surface area contributed by atoms with Gasteiger partial charge in [0.05, 0.1) is 12.7 Å². The molecule has 5 aliphatic rings. The number of ether oxygens (including phenoxy) is 1. The zero-order valence-corrected chi connectivity index (χ0v) is 22.3. The topological polar surface area (TPSA) is 48.0 Å². The lowest BCUT2D eigenvalue weighted by Gasteiger charge is -2.56. The Morgan fingerprint density at radius 2 is 2.00 bits per heavy atom. The summed E-state index contributed by atoms with van der Waals surface area (Å²) in [6.07, 6.45) is 11.9. The molecule has 1 saturated heterocycles. The van der Waals surface area contributed by atoms with E-state index in [0.29, 0.717) is 42.9 Å². The van der Waals surface area contributed by atoms with Crippen molar-refractivity contribution < 1.29 is 14.2 Å². The summed E-state index contributed by atoms with van der Waals surface area (Å²) in [5.74, 6) is 2.37. The molecule has 2 aliphatic carbocycles. The molecule has 37 heavy (non-hydrogen) atoms. The van der Waals surface area contributed by atoms with Crippen LogP contribution in [0.25, 0.3) is 0 Å². The first-order valence-corrected chi connectivity index (χ1v) is 14.4. The maximum Gasteiger partial charge on any atom is 0.124 e. The molecule has 0 spiro atoms. The van der Waals surface area contributed by atoms with Crippen LogP contribution in [0.3, 0.4) is 0 Å². The predicted octanol–water partition coefficient (Wildman–Crippen LogP) is 4.97. The van der Waals surface area contributed by atoms with Crippen LogP contribution in [0.15, 0.2) is 59.5 Å². The second-order valence-electron chi connectivity index (χ2n) is 11.7. The first-order chi connectivity index (χ1) is 18.1. The minimum absolute atomic E-state index is 0.192. The fraction of sp³-hybridized carbons (Fsp3) is 0.613. The molecule has 5 nitrogen and oxygen atoms in total. The van der Waals surface area contributed by atoms with E-state index in [2.05, 4.69) is 71.5 Å². The van der Waals surface area contributed by atoms with Gasteiger partial charge in [-0.2, -0.15) is 0 Å². The van der Waals surface area contributed by atoms with E-state index in [9.17, 15) is 9.50 Å². The Bertz CT molecular complexity index is 1060. The van der Waals surface area contributed by atoms with Crippen molar-refractivity contribution in [1.29, 1.82) is 0 Å². The molecule has 3 aliphatic heterocycles. The molecule has 6 rings (SSSR count). The van der Waals surface area contributed by atoms with E-state index in [4.69, 9.17) is 4.74 Å². The average molecular weight is 508 g/mol. The highest BCUT2D eigenvalue weighted by Crippen LogP contribution is 2.52. The number of halogens is 1. The van der Waals surface area contributed by atoms with E-state index in [1.54, 1.807) is 5.57 Å². The standard InChI is InChI=1S/C31H42FN3O2/c1-3-25-22(19-36)16-29(25)35-20(2)15-27-26-7-4-5-8-28(26)33-30(27)31(35)21-9-11-23(12-10-21)37-24-17-34(18-24)14-6-13-32/h4-5,8-12,20,22,24-26,29,31,33,36H,3,6-7,13-19H2,1-2H3. The average Bonchev–Trinajstić information content (AvgIpc) is 3.24. The summed E-state index contributed by atoms with van der Waals surface area (Å²) in [5.41, 5.74) is 5.63. The molecule has 1 saturated carbocycles. The number of benzene rings is 1. The molecule has 2 fully saturated rings. The number of nitrogens with zero attached hydrogens (tertiary/aromatic N) is 2. The number of aliphatic hydroxyl groups is 1. The summed E-state index contributed by atoms with van der Waals surface area (Å²) in [4.78, 5) is 5.02. The molecular weight excluding hydrogens is 465 g/mol. The van der Waals surface area contributed by atoms with Gasteiger partial charge in [-0.15, -0.1) is 0 Å². The Hall–Kier alpha value is -2.15. The fourth-order valence-corrected chi connectivity index (χ4v) is 7.61. The number of hydrogen-bond acceptors (Lipinski definition) is 5. The molecule has 0 amide bonds. The van der Waals surface area contributed by atoms with Crippen molar-refractivity contribution in [2.24, 2.45) is 17.8 Å². The quantitative estimate of drug-likeness (QED) is 0.494. The van der Waals surface area contributed by atoms with Crippen molar-refractivity contribution in [3.63, 3.8) is 0 Å². The second kappa shape index (κ2) is 10.5. The van der Waals surface area contributed by atoms with Gasteiger partial charge in [-0.05, 0) is 73.8 Å². The third-order valence-electron chi connectivity index (χ3n) is 9.56. The Balaban J connectivity index is 1.25. The van der Waals surface area contributed by atoms with Gasteiger partial charge >= 0.3 is 0 Å². The summed E-state index contributed by atoms with van der Waals surface area (Å²) < 4.78 is 18.7. The third kappa shape index (κ3) is 4.55. The van der Waals surface area contributed by atoms with E-state index < -0.39 is 0 Å². The van der Waals surface area contributed by atoms with Crippen molar-refractivity contribution in [2.45, 2.75) is 70.2 Å². The zero-order chi connectivity index (χ0) is 25.5. The van der Waals surface area contributed by atoms with Gasteiger partial charge in [0.15, 0.2) is 0 Å². The maximum absolute atomic E-state index is 12.4. The Kier molecular flexibility index (Phi) is 7.17. The van der Waals surface area contributed by atoms with Crippen molar-refractivity contribution in [2.75, 3.05) is 32.9 Å². The van der Waals surface area contributed by atoms with Gasteiger partial charge in [-0.3, -0.25) is 14.2 Å². The van der Waals surface area contributed by atoms with Crippen LogP contribution in [-0.2, 0) is 0 Å². The molecule has 6 atom stereocenters. The Morgan fingerprint density at radius 3 is 2.73 bits per heavy atom. The molecule has 6 unspecified atom stereocenters. The highest BCUT2D eigenvalue weighted by molar-refractivity contribution is 5.47. The van der Waals surface area contributed by atoms with Crippen LogP contribution < -0.4 is 10.1 Å². The summed E-state index contributed by atoms with van der Waals surface area (Å²) in [7, 11) is 0. The highest BCUT2D eigenvalue weighted by atomic mass is 19.1. The SMILES string of the molecule is CCC1C(CO)CC1N1C(C)CC2=C(NC3=CC=CCC32)C1c1ccc(OC2CN(CCCF)C2)cc1. The minimum atomic E-state index is -0.248. The summed E-state index contributed by atoms with van der Waals surface area (Å²) in [6, 6.07) is 9.93. The number of rotatable bonds is 9. The van der Waals surface area contributed by atoms with E-state index >= 15 is 0 Å². The van der Waals surface area contributed by atoms with Gasteiger partial charge in [0.25, 0.3) is 0 Å². The lowest BCUT2D eigenvalue weighted by Crippen LogP contribution is -2.59. The summed E-state index contributed by atoms with van der Waals surface area (Å²) in [6.45, 7) is 7.31. The number of fused-ring (bicyclic) bond motifs is 2. The molecule has 1 aromatic carbocycles. The molecule has 2 N–H and O–H groups in total. The van der Waals surface area contributed by atoms with Gasteiger partial charge in [0.1, 0.15) is 11.9 Å². The molecule has 200 valence electrons. The van der Waals surface area contributed by atoms with E-state index in [0.717, 1.165) is 51.1 Å². The van der Waals surface area contributed by atoms with Gasteiger partial charge in [-0.1, -0.05) is 37.6 Å². The van der Waals surface area contributed by atoms with Crippen LogP contribution in [0, 0.1) is 17.8 Å². The van der Waals surface area contributed by atoms with Crippen molar-refractivity contribution in [3.05, 3.63) is 65.0 Å². The Morgan fingerprint density at radius 1 is 1.19 bits per heavy atom. The van der Waals surface area contributed by atoms with Gasteiger partial charge in [0, 0.05) is 55.6 Å². The molecule has 0 aromatic heterocycles. The monoisotopic (exact) mass is 507 g/mol. The maximum atomic E-state index is 12.4. The predicted molar refractivity (Wildman–Crippen MR) is 145 cm³/mol. The van der Waals surface area contributed by atoms with E-state index in [1.807, 2.05) is 0 Å². The van der Waals surface area contributed by atoms with Gasteiger partial charge < -0.3 is 15.2 Å². The molecular formula is C31H42FN3O2. The second-order valence-corrected chi connectivity index (χ2v) is 11.7. The fourth-order valence-electron chi connectivity index (χ4n) is 7.61. The number of allylic oxidation sites excluding steroid dienone is 4. The van der Waals surface area contributed by atoms with Crippen molar-refractivity contribution in [1.82, 2.24) is 15.1 Å². The summed E-state index contributed by atoms with van der Waals surface area (Å²) in [5, 5.41) is 13.8. The smallest absolute Gasteiger partial charge is 0.124 e. The third-order valence-corrected chi connectivity index (χ3v) is 9.56. The van der Waals surface area contributed by atoms with Gasteiger partial charge in [-0.25, -0.2) is 0 Å².